The minimum absolute atomic E-state index is 0.173. The standard InChI is InChI=1S/C14H15N3O4/c1-20-14(19)11-8-17(6-7-21-11)13(18)12-9-4-2-3-5-10(9)15-16-12/h2-5,11H,6-8H2,1H3,(H,15,16). The predicted molar refractivity (Wildman–Crippen MR) is 73.8 cm³/mol. The van der Waals surface area contributed by atoms with Crippen LogP contribution in [0.3, 0.4) is 0 Å². The number of carbonyl (C=O) groups is 2. The van der Waals surface area contributed by atoms with Gasteiger partial charge in [0, 0.05) is 11.9 Å². The van der Waals surface area contributed by atoms with Crippen molar-refractivity contribution in [3.8, 4) is 0 Å². The molecule has 0 aliphatic carbocycles. The van der Waals surface area contributed by atoms with Crippen molar-refractivity contribution in [3.63, 3.8) is 0 Å². The van der Waals surface area contributed by atoms with Gasteiger partial charge in [0.15, 0.2) is 11.8 Å². The van der Waals surface area contributed by atoms with Crippen LogP contribution >= 0.6 is 0 Å². The van der Waals surface area contributed by atoms with Crippen molar-refractivity contribution < 1.29 is 19.1 Å². The summed E-state index contributed by atoms with van der Waals surface area (Å²) in [6.07, 6.45) is -0.738. The maximum Gasteiger partial charge on any atom is 0.336 e. The summed E-state index contributed by atoms with van der Waals surface area (Å²) in [7, 11) is 1.30. The number of carbonyl (C=O) groups excluding carboxylic acids is 2. The van der Waals surface area contributed by atoms with Gasteiger partial charge in [-0.05, 0) is 6.07 Å². The molecule has 7 heteroatoms. The molecular weight excluding hydrogens is 274 g/mol. The number of hydrogen-bond donors (Lipinski definition) is 1. The van der Waals surface area contributed by atoms with Crippen LogP contribution in [-0.2, 0) is 14.3 Å². The lowest BCUT2D eigenvalue weighted by Crippen LogP contribution is -2.49. The highest BCUT2D eigenvalue weighted by atomic mass is 16.6. The molecular formula is C14H15N3O4. The molecule has 1 saturated heterocycles. The molecule has 1 aliphatic rings. The van der Waals surface area contributed by atoms with E-state index in [2.05, 4.69) is 14.9 Å². The molecule has 110 valence electrons. The molecule has 3 rings (SSSR count). The molecule has 1 unspecified atom stereocenters. The summed E-state index contributed by atoms with van der Waals surface area (Å²) in [6, 6.07) is 7.42. The van der Waals surface area contributed by atoms with Crippen LogP contribution in [0, 0.1) is 0 Å². The first-order chi connectivity index (χ1) is 10.2. The smallest absolute Gasteiger partial charge is 0.336 e. The molecule has 0 spiro atoms. The Hall–Kier alpha value is -2.41. The van der Waals surface area contributed by atoms with E-state index in [-0.39, 0.29) is 12.5 Å². The van der Waals surface area contributed by atoms with Crippen LogP contribution < -0.4 is 0 Å². The molecule has 1 aromatic carbocycles. The number of morpholine rings is 1. The highest BCUT2D eigenvalue weighted by Gasteiger charge is 2.31. The predicted octanol–water partition coefficient (Wildman–Crippen LogP) is 0.577. The third-order valence-corrected chi connectivity index (χ3v) is 3.49. The van der Waals surface area contributed by atoms with Gasteiger partial charge in [0.05, 0.1) is 25.8 Å². The van der Waals surface area contributed by atoms with Crippen molar-refractivity contribution in [2.75, 3.05) is 26.8 Å². The van der Waals surface area contributed by atoms with E-state index >= 15 is 0 Å². The Balaban J connectivity index is 1.83. The Morgan fingerprint density at radius 1 is 1.43 bits per heavy atom. The Morgan fingerprint density at radius 2 is 2.24 bits per heavy atom. The van der Waals surface area contributed by atoms with Crippen LogP contribution in [0.5, 0.6) is 0 Å². The number of benzene rings is 1. The maximum absolute atomic E-state index is 12.6. The van der Waals surface area contributed by atoms with Crippen LogP contribution in [0.1, 0.15) is 10.5 Å². The van der Waals surface area contributed by atoms with Crippen LogP contribution in [0.4, 0.5) is 0 Å². The first kappa shape index (κ1) is 13.6. The quantitative estimate of drug-likeness (QED) is 0.817. The number of esters is 1. The number of hydrogen-bond acceptors (Lipinski definition) is 5. The molecule has 1 N–H and O–H groups in total. The number of nitrogens with zero attached hydrogens (tertiary/aromatic N) is 2. The van der Waals surface area contributed by atoms with Crippen molar-refractivity contribution in [1.29, 1.82) is 0 Å². The third-order valence-electron chi connectivity index (χ3n) is 3.49. The van der Waals surface area contributed by atoms with E-state index in [1.165, 1.54) is 7.11 Å². The minimum Gasteiger partial charge on any atom is -0.467 e. The zero-order valence-corrected chi connectivity index (χ0v) is 11.5. The average molecular weight is 289 g/mol. The molecule has 21 heavy (non-hydrogen) atoms. The Bertz CT molecular complexity index is 682. The van der Waals surface area contributed by atoms with Gasteiger partial charge in [0.25, 0.3) is 5.91 Å². The van der Waals surface area contributed by atoms with Crippen molar-refractivity contribution in [1.82, 2.24) is 15.1 Å². The van der Waals surface area contributed by atoms with Gasteiger partial charge in [0.1, 0.15) is 0 Å². The summed E-state index contributed by atoms with van der Waals surface area (Å²) in [5, 5.41) is 7.69. The number of aromatic amines is 1. The zero-order chi connectivity index (χ0) is 14.8. The highest BCUT2D eigenvalue weighted by Crippen LogP contribution is 2.18. The van der Waals surface area contributed by atoms with Crippen molar-refractivity contribution in [2.24, 2.45) is 0 Å². The second-order valence-corrected chi connectivity index (χ2v) is 4.75. The second-order valence-electron chi connectivity index (χ2n) is 4.75. The molecule has 2 heterocycles. The zero-order valence-electron chi connectivity index (χ0n) is 11.5. The number of rotatable bonds is 2. The highest BCUT2D eigenvalue weighted by molar-refractivity contribution is 6.04. The van der Waals surface area contributed by atoms with E-state index < -0.39 is 12.1 Å². The summed E-state index contributed by atoms with van der Waals surface area (Å²) < 4.78 is 9.97. The molecule has 7 nitrogen and oxygen atoms in total. The molecule has 0 bridgehead atoms. The summed E-state index contributed by atoms with van der Waals surface area (Å²) in [5.74, 6) is -0.691. The topological polar surface area (TPSA) is 84.5 Å². The first-order valence-electron chi connectivity index (χ1n) is 6.62. The van der Waals surface area contributed by atoms with Gasteiger partial charge in [0.2, 0.25) is 0 Å². The lowest BCUT2D eigenvalue weighted by atomic mass is 10.2. The normalized spacial score (nSPS) is 18.7. The van der Waals surface area contributed by atoms with Gasteiger partial charge in [-0.15, -0.1) is 0 Å². The molecule has 1 amide bonds. The van der Waals surface area contributed by atoms with Crippen molar-refractivity contribution in [3.05, 3.63) is 30.0 Å². The lowest BCUT2D eigenvalue weighted by Gasteiger charge is -2.31. The van der Waals surface area contributed by atoms with Gasteiger partial charge >= 0.3 is 5.97 Å². The molecule has 2 aromatic rings. The SMILES string of the molecule is COC(=O)C1CN(C(=O)c2n[nH]c3ccccc23)CCO1. The number of para-hydroxylation sites is 1. The van der Waals surface area contributed by atoms with Crippen LogP contribution in [0.2, 0.25) is 0 Å². The second kappa shape index (κ2) is 5.53. The Kier molecular flexibility index (Phi) is 3.57. The van der Waals surface area contributed by atoms with E-state index in [9.17, 15) is 9.59 Å². The number of methoxy groups -OCH3 is 1. The number of aromatic nitrogens is 2. The van der Waals surface area contributed by atoms with Gasteiger partial charge in [-0.1, -0.05) is 18.2 Å². The van der Waals surface area contributed by atoms with E-state index in [4.69, 9.17) is 4.74 Å². The monoisotopic (exact) mass is 289 g/mol. The number of nitrogens with one attached hydrogen (secondary N) is 1. The largest absolute Gasteiger partial charge is 0.467 e. The van der Waals surface area contributed by atoms with Crippen LogP contribution in [-0.4, -0.2) is 59.9 Å². The number of fused-ring (bicyclic) bond motifs is 1. The molecule has 1 fully saturated rings. The fraction of sp³-hybridized carbons (Fsp3) is 0.357. The fourth-order valence-electron chi connectivity index (χ4n) is 2.38. The number of ether oxygens (including phenoxy) is 2. The summed E-state index contributed by atoms with van der Waals surface area (Å²) >= 11 is 0. The lowest BCUT2D eigenvalue weighted by molar-refractivity contribution is -0.158. The van der Waals surface area contributed by atoms with E-state index in [1.807, 2.05) is 24.3 Å². The first-order valence-corrected chi connectivity index (χ1v) is 6.62. The number of H-pyrrole nitrogens is 1. The van der Waals surface area contributed by atoms with E-state index in [0.29, 0.717) is 18.8 Å². The van der Waals surface area contributed by atoms with E-state index in [1.54, 1.807) is 4.90 Å². The van der Waals surface area contributed by atoms with Gasteiger partial charge in [-0.2, -0.15) is 5.10 Å². The minimum atomic E-state index is -0.738. The average Bonchev–Trinajstić information content (AvgIpc) is 2.97. The van der Waals surface area contributed by atoms with Gasteiger partial charge in [-0.3, -0.25) is 9.89 Å². The van der Waals surface area contributed by atoms with Crippen LogP contribution in [0.15, 0.2) is 24.3 Å². The molecule has 1 aromatic heterocycles. The molecule has 1 aliphatic heterocycles. The Morgan fingerprint density at radius 3 is 3.05 bits per heavy atom. The molecule has 0 radical (unpaired) electrons. The molecule has 0 saturated carbocycles. The Labute approximate surface area is 120 Å². The van der Waals surface area contributed by atoms with E-state index in [0.717, 1.165) is 10.9 Å². The van der Waals surface area contributed by atoms with Gasteiger partial charge < -0.3 is 14.4 Å². The maximum atomic E-state index is 12.6. The summed E-state index contributed by atoms with van der Waals surface area (Å²) in [6.45, 7) is 0.897. The van der Waals surface area contributed by atoms with Crippen molar-refractivity contribution in [2.45, 2.75) is 6.10 Å². The summed E-state index contributed by atoms with van der Waals surface area (Å²) in [4.78, 5) is 25.7. The summed E-state index contributed by atoms with van der Waals surface area (Å²) in [5.41, 5.74) is 1.16. The third kappa shape index (κ3) is 2.47. The molecule has 1 atom stereocenters. The van der Waals surface area contributed by atoms with Gasteiger partial charge in [-0.25, -0.2) is 4.79 Å². The number of amides is 1. The fourth-order valence-corrected chi connectivity index (χ4v) is 2.38. The van der Waals surface area contributed by atoms with Crippen molar-refractivity contribution >= 4 is 22.8 Å². The van der Waals surface area contributed by atoms with Crippen LogP contribution in [0.25, 0.3) is 10.9 Å².